The standard InChI is InChI=1S/C15H21ClN2.C2H6/c1-10(2)13-6-5-12(16)9-15(13)18-8-7-14(17-18)11(3)4;1-2/h5-11,14,17H,1-4H3;1-2H3. The molecule has 0 spiro atoms. The van der Waals surface area contributed by atoms with Gasteiger partial charge in [0, 0.05) is 17.3 Å². The molecule has 0 aliphatic carbocycles. The molecule has 0 aromatic heterocycles. The number of halogens is 1. The molecule has 0 fully saturated rings. The SMILES string of the molecule is CC.CC(C)c1ccc(Cl)cc1N1C=CC(C(C)C)N1. The van der Waals surface area contributed by atoms with Gasteiger partial charge in [-0.05, 0) is 35.6 Å². The molecule has 1 aliphatic heterocycles. The summed E-state index contributed by atoms with van der Waals surface area (Å²) in [5.41, 5.74) is 5.95. The maximum Gasteiger partial charge on any atom is 0.0620 e. The smallest absolute Gasteiger partial charge is 0.0620 e. The average molecular weight is 295 g/mol. The molecule has 1 heterocycles. The molecule has 1 atom stereocenters. The molecule has 1 aromatic carbocycles. The average Bonchev–Trinajstić information content (AvgIpc) is 2.90. The van der Waals surface area contributed by atoms with Gasteiger partial charge >= 0.3 is 0 Å². The minimum Gasteiger partial charge on any atom is -0.284 e. The fourth-order valence-electron chi connectivity index (χ4n) is 2.16. The van der Waals surface area contributed by atoms with E-state index in [4.69, 9.17) is 11.6 Å². The van der Waals surface area contributed by atoms with Gasteiger partial charge in [-0.3, -0.25) is 5.01 Å². The minimum absolute atomic E-state index is 0.393. The first kappa shape index (κ1) is 17.1. The Balaban J connectivity index is 0.000000956. The van der Waals surface area contributed by atoms with E-state index in [0.29, 0.717) is 17.9 Å². The van der Waals surface area contributed by atoms with Gasteiger partial charge in [0.15, 0.2) is 0 Å². The number of hydrazine groups is 1. The maximum atomic E-state index is 6.12. The Labute approximate surface area is 128 Å². The Hall–Kier alpha value is -0.990. The van der Waals surface area contributed by atoms with Crippen LogP contribution in [0.3, 0.4) is 0 Å². The summed E-state index contributed by atoms with van der Waals surface area (Å²) in [6.45, 7) is 12.8. The van der Waals surface area contributed by atoms with E-state index < -0.39 is 0 Å². The fourth-order valence-corrected chi connectivity index (χ4v) is 2.33. The van der Waals surface area contributed by atoms with Gasteiger partial charge in [-0.15, -0.1) is 0 Å². The molecule has 1 unspecified atom stereocenters. The molecule has 1 aliphatic rings. The highest BCUT2D eigenvalue weighted by atomic mass is 35.5. The summed E-state index contributed by atoms with van der Waals surface area (Å²) in [5, 5.41) is 2.86. The predicted octanol–water partition coefficient (Wildman–Crippen LogP) is 5.35. The van der Waals surface area contributed by atoms with Gasteiger partial charge in [0.2, 0.25) is 0 Å². The molecule has 1 N–H and O–H groups in total. The van der Waals surface area contributed by atoms with Crippen molar-refractivity contribution in [3.05, 3.63) is 41.1 Å². The van der Waals surface area contributed by atoms with Gasteiger partial charge in [0.1, 0.15) is 0 Å². The molecule has 3 heteroatoms. The summed E-state index contributed by atoms with van der Waals surface area (Å²) in [4.78, 5) is 0. The van der Waals surface area contributed by atoms with Crippen LogP contribution in [0.1, 0.15) is 53.0 Å². The molecule has 0 amide bonds. The van der Waals surface area contributed by atoms with E-state index in [2.05, 4.69) is 56.5 Å². The van der Waals surface area contributed by atoms with Crippen molar-refractivity contribution in [1.82, 2.24) is 5.43 Å². The molecule has 0 radical (unpaired) electrons. The van der Waals surface area contributed by atoms with Crippen LogP contribution in [-0.4, -0.2) is 6.04 Å². The van der Waals surface area contributed by atoms with Crippen LogP contribution >= 0.6 is 11.6 Å². The van der Waals surface area contributed by atoms with Crippen LogP contribution in [0, 0.1) is 5.92 Å². The summed E-state index contributed by atoms with van der Waals surface area (Å²) in [5.74, 6) is 1.05. The van der Waals surface area contributed by atoms with Crippen molar-refractivity contribution in [2.75, 3.05) is 5.01 Å². The topological polar surface area (TPSA) is 15.3 Å². The highest BCUT2D eigenvalue weighted by Gasteiger charge is 2.21. The molecule has 112 valence electrons. The first-order valence-corrected chi connectivity index (χ1v) is 7.90. The van der Waals surface area contributed by atoms with Crippen LogP contribution in [0.25, 0.3) is 0 Å². The van der Waals surface area contributed by atoms with E-state index in [9.17, 15) is 0 Å². The fraction of sp³-hybridized carbons (Fsp3) is 0.529. The molecule has 0 bridgehead atoms. The van der Waals surface area contributed by atoms with Gasteiger partial charge < -0.3 is 0 Å². The van der Waals surface area contributed by atoms with Crippen molar-refractivity contribution in [3.8, 4) is 0 Å². The second-order valence-corrected chi connectivity index (χ2v) is 5.90. The Morgan fingerprint density at radius 1 is 1.15 bits per heavy atom. The van der Waals surface area contributed by atoms with Gasteiger partial charge in [-0.25, -0.2) is 5.43 Å². The van der Waals surface area contributed by atoms with Gasteiger partial charge in [0.25, 0.3) is 0 Å². The lowest BCUT2D eigenvalue weighted by atomic mass is 10.0. The van der Waals surface area contributed by atoms with E-state index in [1.54, 1.807) is 0 Å². The zero-order valence-electron chi connectivity index (χ0n) is 13.4. The minimum atomic E-state index is 0.393. The summed E-state index contributed by atoms with van der Waals surface area (Å²) in [7, 11) is 0. The zero-order valence-corrected chi connectivity index (χ0v) is 14.2. The molecular weight excluding hydrogens is 268 g/mol. The van der Waals surface area contributed by atoms with Crippen LogP contribution in [0.5, 0.6) is 0 Å². The van der Waals surface area contributed by atoms with Crippen molar-refractivity contribution < 1.29 is 0 Å². The Morgan fingerprint density at radius 3 is 2.30 bits per heavy atom. The summed E-state index contributed by atoms with van der Waals surface area (Å²) in [6, 6.07) is 6.49. The number of nitrogens with zero attached hydrogens (tertiary/aromatic N) is 1. The molecule has 20 heavy (non-hydrogen) atoms. The van der Waals surface area contributed by atoms with Crippen molar-refractivity contribution in [2.45, 2.75) is 53.5 Å². The lowest BCUT2D eigenvalue weighted by Crippen LogP contribution is -2.38. The van der Waals surface area contributed by atoms with Crippen LogP contribution in [-0.2, 0) is 0 Å². The number of rotatable bonds is 3. The molecule has 1 aromatic rings. The third-order valence-electron chi connectivity index (χ3n) is 3.32. The largest absolute Gasteiger partial charge is 0.284 e. The number of nitrogens with one attached hydrogen (secondary N) is 1. The molecular formula is C17H27ClN2. The number of anilines is 1. The first-order valence-electron chi connectivity index (χ1n) is 7.52. The summed E-state index contributed by atoms with van der Waals surface area (Å²) < 4.78 is 0. The highest BCUT2D eigenvalue weighted by Crippen LogP contribution is 2.31. The van der Waals surface area contributed by atoms with E-state index >= 15 is 0 Å². The molecule has 0 saturated heterocycles. The first-order chi connectivity index (χ1) is 9.49. The Bertz CT molecular complexity index is 452. The van der Waals surface area contributed by atoms with Gasteiger partial charge in [-0.1, -0.05) is 59.2 Å². The highest BCUT2D eigenvalue weighted by molar-refractivity contribution is 6.30. The van der Waals surface area contributed by atoms with Crippen LogP contribution in [0.2, 0.25) is 5.02 Å². The quantitative estimate of drug-likeness (QED) is 0.808. The van der Waals surface area contributed by atoms with Crippen molar-refractivity contribution in [1.29, 1.82) is 0 Å². The number of hydrogen-bond acceptors (Lipinski definition) is 2. The second-order valence-electron chi connectivity index (χ2n) is 5.47. The Morgan fingerprint density at radius 2 is 1.80 bits per heavy atom. The van der Waals surface area contributed by atoms with Crippen molar-refractivity contribution in [3.63, 3.8) is 0 Å². The monoisotopic (exact) mass is 294 g/mol. The lowest BCUT2D eigenvalue weighted by Gasteiger charge is -2.25. The lowest BCUT2D eigenvalue weighted by molar-refractivity contribution is 0.489. The van der Waals surface area contributed by atoms with Crippen molar-refractivity contribution >= 4 is 17.3 Å². The van der Waals surface area contributed by atoms with E-state index in [-0.39, 0.29) is 0 Å². The molecule has 2 rings (SSSR count). The van der Waals surface area contributed by atoms with E-state index in [0.717, 1.165) is 10.7 Å². The Kier molecular flexibility index (Phi) is 6.57. The number of benzene rings is 1. The van der Waals surface area contributed by atoms with E-state index in [1.807, 2.05) is 26.0 Å². The summed E-state index contributed by atoms with van der Waals surface area (Å²) in [6.07, 6.45) is 4.30. The third kappa shape index (κ3) is 4.00. The second kappa shape index (κ2) is 7.70. The van der Waals surface area contributed by atoms with Gasteiger partial charge in [-0.2, -0.15) is 0 Å². The van der Waals surface area contributed by atoms with Gasteiger partial charge in [0.05, 0.1) is 5.69 Å². The van der Waals surface area contributed by atoms with Crippen LogP contribution in [0.15, 0.2) is 30.5 Å². The maximum absolute atomic E-state index is 6.12. The molecule has 0 saturated carbocycles. The van der Waals surface area contributed by atoms with Crippen LogP contribution in [0.4, 0.5) is 5.69 Å². The number of hydrogen-bond donors (Lipinski definition) is 1. The van der Waals surface area contributed by atoms with E-state index in [1.165, 1.54) is 5.56 Å². The molecule has 2 nitrogen and oxygen atoms in total. The zero-order chi connectivity index (χ0) is 15.3. The van der Waals surface area contributed by atoms with Crippen molar-refractivity contribution in [2.24, 2.45) is 5.92 Å². The summed E-state index contributed by atoms with van der Waals surface area (Å²) >= 11 is 6.12. The third-order valence-corrected chi connectivity index (χ3v) is 3.56. The predicted molar refractivity (Wildman–Crippen MR) is 90.3 cm³/mol. The van der Waals surface area contributed by atoms with Crippen LogP contribution < -0.4 is 10.4 Å². The normalized spacial score (nSPS) is 17.6.